The summed E-state index contributed by atoms with van der Waals surface area (Å²) in [7, 11) is 0. The largest absolute Gasteiger partial charge is 0.366 e. The molecule has 0 saturated carbocycles. The van der Waals surface area contributed by atoms with Gasteiger partial charge in [-0.3, -0.25) is 9.59 Å². The molecule has 1 heterocycles. The number of aromatic amines is 1. The van der Waals surface area contributed by atoms with Crippen molar-refractivity contribution in [2.24, 2.45) is 5.73 Å². The van der Waals surface area contributed by atoms with Gasteiger partial charge in [0.2, 0.25) is 5.91 Å². The molecule has 3 N–H and O–H groups in total. The minimum absolute atomic E-state index is 0.0348. The SMILES string of the molecule is CC(Cc1n[nH]c(=O)c2c1CCCC2)c1cccc(-c2cccc(C(N)=O)c2)c1. The van der Waals surface area contributed by atoms with Crippen LogP contribution >= 0.6 is 0 Å². The molecule has 0 fully saturated rings. The molecule has 1 amide bonds. The van der Waals surface area contributed by atoms with Crippen LogP contribution < -0.4 is 11.3 Å². The maximum Gasteiger partial charge on any atom is 0.267 e. The zero-order valence-corrected chi connectivity index (χ0v) is 16.6. The van der Waals surface area contributed by atoms with Crippen molar-refractivity contribution in [3.63, 3.8) is 0 Å². The van der Waals surface area contributed by atoms with E-state index in [4.69, 9.17) is 5.73 Å². The van der Waals surface area contributed by atoms with Crippen LogP contribution in [-0.2, 0) is 19.3 Å². The van der Waals surface area contributed by atoms with Gasteiger partial charge in [-0.25, -0.2) is 5.10 Å². The van der Waals surface area contributed by atoms with E-state index in [1.807, 2.05) is 30.3 Å². The zero-order valence-electron chi connectivity index (χ0n) is 16.6. The number of benzene rings is 2. The zero-order chi connectivity index (χ0) is 20.4. The smallest absolute Gasteiger partial charge is 0.267 e. The van der Waals surface area contributed by atoms with Crippen molar-refractivity contribution in [1.82, 2.24) is 10.2 Å². The van der Waals surface area contributed by atoms with Crippen LogP contribution in [0.3, 0.4) is 0 Å². The van der Waals surface area contributed by atoms with E-state index >= 15 is 0 Å². The molecule has 1 aliphatic carbocycles. The summed E-state index contributed by atoms with van der Waals surface area (Å²) in [5, 5.41) is 7.07. The number of amides is 1. The van der Waals surface area contributed by atoms with Crippen LogP contribution in [0, 0.1) is 0 Å². The van der Waals surface area contributed by atoms with Crippen molar-refractivity contribution < 1.29 is 4.79 Å². The summed E-state index contributed by atoms with van der Waals surface area (Å²) in [5.41, 5.74) is 12.2. The van der Waals surface area contributed by atoms with E-state index in [-0.39, 0.29) is 11.5 Å². The summed E-state index contributed by atoms with van der Waals surface area (Å²) < 4.78 is 0. The van der Waals surface area contributed by atoms with Crippen molar-refractivity contribution >= 4 is 5.91 Å². The molecule has 1 aromatic heterocycles. The molecule has 1 atom stereocenters. The molecular weight excluding hydrogens is 362 g/mol. The van der Waals surface area contributed by atoms with E-state index in [0.717, 1.165) is 60.1 Å². The van der Waals surface area contributed by atoms with Gasteiger partial charge < -0.3 is 5.73 Å². The predicted octanol–water partition coefficient (Wildman–Crippen LogP) is 3.76. The maximum absolute atomic E-state index is 12.1. The Bertz CT molecular complexity index is 1120. The fourth-order valence-electron chi connectivity index (χ4n) is 4.18. The lowest BCUT2D eigenvalue weighted by Crippen LogP contribution is -2.23. The summed E-state index contributed by atoms with van der Waals surface area (Å²) in [6.45, 7) is 2.18. The number of rotatable bonds is 5. The first-order chi connectivity index (χ1) is 14.0. The quantitative estimate of drug-likeness (QED) is 0.698. The molecule has 2 aromatic carbocycles. The van der Waals surface area contributed by atoms with Crippen LogP contribution in [0.4, 0.5) is 0 Å². The van der Waals surface area contributed by atoms with Crippen molar-refractivity contribution in [2.45, 2.75) is 44.9 Å². The lowest BCUT2D eigenvalue weighted by Gasteiger charge is -2.20. The molecule has 29 heavy (non-hydrogen) atoms. The third kappa shape index (κ3) is 3.99. The van der Waals surface area contributed by atoms with Crippen molar-refractivity contribution in [3.8, 4) is 11.1 Å². The molecular formula is C24H25N3O2. The van der Waals surface area contributed by atoms with Crippen LogP contribution in [-0.4, -0.2) is 16.1 Å². The number of primary amides is 1. The van der Waals surface area contributed by atoms with Gasteiger partial charge in [-0.15, -0.1) is 0 Å². The van der Waals surface area contributed by atoms with E-state index in [1.165, 1.54) is 5.56 Å². The first-order valence-electron chi connectivity index (χ1n) is 10.1. The summed E-state index contributed by atoms with van der Waals surface area (Å²) in [6.07, 6.45) is 4.76. The van der Waals surface area contributed by atoms with Crippen LogP contribution in [0.15, 0.2) is 53.3 Å². The fraction of sp³-hybridized carbons (Fsp3) is 0.292. The number of H-pyrrole nitrogens is 1. The molecule has 0 bridgehead atoms. The van der Waals surface area contributed by atoms with E-state index in [2.05, 4.69) is 29.3 Å². The molecule has 1 aliphatic rings. The van der Waals surface area contributed by atoms with Gasteiger partial charge in [0.25, 0.3) is 5.56 Å². The number of hydrogen-bond acceptors (Lipinski definition) is 3. The number of nitrogens with zero attached hydrogens (tertiary/aromatic N) is 1. The number of fused-ring (bicyclic) bond motifs is 1. The molecule has 0 aliphatic heterocycles. The van der Waals surface area contributed by atoms with Gasteiger partial charge in [0, 0.05) is 11.1 Å². The lowest BCUT2D eigenvalue weighted by molar-refractivity contribution is 0.100. The summed E-state index contributed by atoms with van der Waals surface area (Å²) >= 11 is 0. The van der Waals surface area contributed by atoms with Gasteiger partial charge in [0.1, 0.15) is 0 Å². The Kier molecular flexibility index (Phi) is 5.30. The monoisotopic (exact) mass is 387 g/mol. The van der Waals surface area contributed by atoms with Crippen LogP contribution in [0.25, 0.3) is 11.1 Å². The normalized spacial score (nSPS) is 14.2. The van der Waals surface area contributed by atoms with E-state index in [1.54, 1.807) is 6.07 Å². The molecule has 3 aromatic rings. The Labute approximate surface area is 170 Å². The number of carbonyl (C=O) groups excluding carboxylic acids is 1. The van der Waals surface area contributed by atoms with Crippen molar-refractivity contribution in [3.05, 3.63) is 86.8 Å². The number of aromatic nitrogens is 2. The van der Waals surface area contributed by atoms with Gasteiger partial charge in [0.15, 0.2) is 0 Å². The summed E-state index contributed by atoms with van der Waals surface area (Å²) in [4.78, 5) is 23.6. The highest BCUT2D eigenvalue weighted by atomic mass is 16.1. The molecule has 1 unspecified atom stereocenters. The fourth-order valence-corrected chi connectivity index (χ4v) is 4.18. The highest BCUT2D eigenvalue weighted by Crippen LogP contribution is 2.28. The van der Waals surface area contributed by atoms with Gasteiger partial charge in [-0.2, -0.15) is 5.10 Å². The Morgan fingerprint density at radius 3 is 2.52 bits per heavy atom. The first kappa shape index (κ1) is 19.1. The Balaban J connectivity index is 1.62. The van der Waals surface area contributed by atoms with Crippen molar-refractivity contribution in [2.75, 3.05) is 0 Å². The van der Waals surface area contributed by atoms with Crippen LogP contribution in [0.1, 0.15) is 58.4 Å². The predicted molar refractivity (Wildman–Crippen MR) is 114 cm³/mol. The van der Waals surface area contributed by atoms with Gasteiger partial charge >= 0.3 is 0 Å². The standard InChI is InChI=1S/C24H25N3O2/c1-15(12-22-20-10-2-3-11-21(20)24(29)27-26-22)16-6-4-7-17(13-16)18-8-5-9-19(14-18)23(25)28/h4-9,13-15H,2-3,10-12H2,1H3,(H2,25,28)(H,27,29). The summed E-state index contributed by atoms with van der Waals surface area (Å²) in [6, 6.07) is 15.7. The molecule has 0 saturated heterocycles. The molecule has 5 nitrogen and oxygen atoms in total. The third-order valence-electron chi connectivity index (χ3n) is 5.82. The van der Waals surface area contributed by atoms with E-state index in [9.17, 15) is 9.59 Å². The van der Waals surface area contributed by atoms with Gasteiger partial charge in [0.05, 0.1) is 5.69 Å². The topological polar surface area (TPSA) is 88.8 Å². The lowest BCUT2D eigenvalue weighted by atomic mass is 9.87. The molecule has 5 heteroatoms. The Morgan fingerprint density at radius 2 is 1.76 bits per heavy atom. The van der Waals surface area contributed by atoms with Gasteiger partial charge in [-0.05, 0) is 72.4 Å². The molecule has 148 valence electrons. The van der Waals surface area contributed by atoms with E-state index in [0.29, 0.717) is 5.56 Å². The average Bonchev–Trinajstić information content (AvgIpc) is 2.76. The van der Waals surface area contributed by atoms with Gasteiger partial charge in [-0.1, -0.05) is 43.3 Å². The molecule has 4 rings (SSSR count). The van der Waals surface area contributed by atoms with Crippen LogP contribution in [0.2, 0.25) is 0 Å². The van der Waals surface area contributed by atoms with Crippen molar-refractivity contribution in [1.29, 1.82) is 0 Å². The second kappa shape index (κ2) is 8.03. The average molecular weight is 387 g/mol. The number of carbonyl (C=O) groups is 1. The minimum atomic E-state index is -0.426. The Morgan fingerprint density at radius 1 is 1.07 bits per heavy atom. The highest BCUT2D eigenvalue weighted by molar-refractivity contribution is 5.94. The van der Waals surface area contributed by atoms with E-state index < -0.39 is 5.91 Å². The van der Waals surface area contributed by atoms with Crippen LogP contribution in [0.5, 0.6) is 0 Å². The first-order valence-corrected chi connectivity index (χ1v) is 10.1. The highest BCUT2D eigenvalue weighted by Gasteiger charge is 2.20. The third-order valence-corrected chi connectivity index (χ3v) is 5.82. The Hall–Kier alpha value is -3.21. The molecule has 0 spiro atoms. The number of nitrogens with two attached hydrogens (primary N) is 1. The number of nitrogens with one attached hydrogen (secondary N) is 1. The number of hydrogen-bond donors (Lipinski definition) is 2. The minimum Gasteiger partial charge on any atom is -0.366 e. The molecule has 0 radical (unpaired) electrons. The summed E-state index contributed by atoms with van der Waals surface area (Å²) in [5.74, 6) is -0.177. The maximum atomic E-state index is 12.1. The second-order valence-electron chi connectivity index (χ2n) is 7.84. The second-order valence-corrected chi connectivity index (χ2v) is 7.84.